The fourth-order valence-electron chi connectivity index (χ4n) is 1.79. The molecular weight excluding hydrogens is 268 g/mol. The van der Waals surface area contributed by atoms with Crippen LogP contribution in [-0.4, -0.2) is 23.2 Å². The fourth-order valence-corrected chi connectivity index (χ4v) is 1.79. The van der Waals surface area contributed by atoms with Gasteiger partial charge in [-0.3, -0.25) is 0 Å². The summed E-state index contributed by atoms with van der Waals surface area (Å²) in [5.74, 6) is -2.84. The Kier molecular flexibility index (Phi) is 4.05. The Bertz CT molecular complexity index is 659. The van der Waals surface area contributed by atoms with E-state index in [1.54, 1.807) is 0 Å². The lowest BCUT2D eigenvalue weighted by Crippen LogP contribution is -2.05. The van der Waals surface area contributed by atoms with Gasteiger partial charge in [0.2, 0.25) is 0 Å². The van der Waals surface area contributed by atoms with Crippen molar-refractivity contribution in [2.24, 2.45) is 0 Å². The van der Waals surface area contributed by atoms with Crippen molar-refractivity contribution in [3.63, 3.8) is 0 Å². The average Bonchev–Trinajstić information content (AvgIpc) is 2.38. The van der Waals surface area contributed by atoms with Crippen molar-refractivity contribution >= 4 is 5.97 Å². The smallest absolute Gasteiger partial charge is 0.337 e. The van der Waals surface area contributed by atoms with E-state index in [1.807, 2.05) is 0 Å². The molecule has 0 unspecified atom stereocenters. The van der Waals surface area contributed by atoms with Crippen LogP contribution in [0.5, 0.6) is 0 Å². The topological polar surface area (TPSA) is 59.4 Å². The number of carbonyl (C=O) groups is 1. The lowest BCUT2D eigenvalue weighted by molar-refractivity contribution is 0.0697. The predicted octanol–water partition coefficient (Wildman–Crippen LogP) is 2.87. The molecule has 4 nitrogen and oxygen atoms in total. The van der Waals surface area contributed by atoms with Crippen LogP contribution >= 0.6 is 0 Å². The van der Waals surface area contributed by atoms with Crippen molar-refractivity contribution in [3.05, 3.63) is 53.2 Å². The number of benzene rings is 1. The van der Waals surface area contributed by atoms with Gasteiger partial charge in [0.05, 0.1) is 23.6 Å². The van der Waals surface area contributed by atoms with Crippen LogP contribution in [-0.2, 0) is 11.3 Å². The standard InChI is InChI=1S/C14H11F2NO3/c1-20-7-9-3-5-11(14(18)19)13(17-9)10-4-2-8(15)6-12(10)16/h2-6H,7H2,1H3,(H,18,19). The van der Waals surface area contributed by atoms with Gasteiger partial charge in [0.25, 0.3) is 0 Å². The summed E-state index contributed by atoms with van der Waals surface area (Å²) in [6.07, 6.45) is 0. The second-order valence-electron chi connectivity index (χ2n) is 4.06. The number of methoxy groups -OCH3 is 1. The molecule has 0 bridgehead atoms. The number of hydrogen-bond acceptors (Lipinski definition) is 3. The number of rotatable bonds is 4. The maximum absolute atomic E-state index is 13.8. The molecule has 1 aromatic carbocycles. The minimum absolute atomic E-state index is 0.0513. The van der Waals surface area contributed by atoms with E-state index in [-0.39, 0.29) is 23.4 Å². The predicted molar refractivity (Wildman–Crippen MR) is 67.3 cm³/mol. The average molecular weight is 279 g/mol. The maximum Gasteiger partial charge on any atom is 0.337 e. The van der Waals surface area contributed by atoms with Gasteiger partial charge in [0.1, 0.15) is 11.6 Å². The van der Waals surface area contributed by atoms with Crippen molar-refractivity contribution in [1.29, 1.82) is 0 Å². The fraction of sp³-hybridized carbons (Fsp3) is 0.143. The number of pyridine rings is 1. The minimum atomic E-state index is -1.24. The van der Waals surface area contributed by atoms with Gasteiger partial charge in [-0.1, -0.05) is 0 Å². The first-order valence-corrected chi connectivity index (χ1v) is 5.70. The van der Waals surface area contributed by atoms with Crippen molar-refractivity contribution in [2.75, 3.05) is 7.11 Å². The minimum Gasteiger partial charge on any atom is -0.478 e. The first-order valence-electron chi connectivity index (χ1n) is 5.70. The first kappa shape index (κ1) is 14.1. The molecule has 6 heteroatoms. The molecule has 0 amide bonds. The van der Waals surface area contributed by atoms with Crippen LogP contribution in [0.25, 0.3) is 11.3 Å². The number of aromatic nitrogens is 1. The normalized spacial score (nSPS) is 10.6. The molecule has 0 aliphatic carbocycles. The van der Waals surface area contributed by atoms with Crippen LogP contribution in [0.15, 0.2) is 30.3 Å². The van der Waals surface area contributed by atoms with E-state index >= 15 is 0 Å². The van der Waals surface area contributed by atoms with Crippen molar-refractivity contribution < 1.29 is 23.4 Å². The molecule has 0 aliphatic rings. The molecule has 2 aromatic rings. The Hall–Kier alpha value is -2.34. The van der Waals surface area contributed by atoms with Gasteiger partial charge in [-0.2, -0.15) is 0 Å². The number of ether oxygens (including phenoxy) is 1. The molecule has 0 aliphatic heterocycles. The third-order valence-corrected chi connectivity index (χ3v) is 2.66. The number of carboxylic acids is 1. The van der Waals surface area contributed by atoms with Crippen molar-refractivity contribution in [3.8, 4) is 11.3 Å². The van der Waals surface area contributed by atoms with E-state index < -0.39 is 17.6 Å². The van der Waals surface area contributed by atoms with Crippen LogP contribution in [0.1, 0.15) is 16.1 Å². The summed E-state index contributed by atoms with van der Waals surface area (Å²) < 4.78 is 31.6. The first-order chi connectivity index (χ1) is 9.52. The summed E-state index contributed by atoms with van der Waals surface area (Å²) in [4.78, 5) is 15.3. The molecule has 1 N–H and O–H groups in total. The largest absolute Gasteiger partial charge is 0.478 e. The van der Waals surface area contributed by atoms with Gasteiger partial charge >= 0.3 is 5.97 Å². The molecule has 20 heavy (non-hydrogen) atoms. The summed E-state index contributed by atoms with van der Waals surface area (Å²) in [6, 6.07) is 5.70. The molecule has 0 fully saturated rings. The summed E-state index contributed by atoms with van der Waals surface area (Å²) in [7, 11) is 1.46. The zero-order valence-electron chi connectivity index (χ0n) is 10.6. The number of halogens is 2. The van der Waals surface area contributed by atoms with Crippen LogP contribution in [0.4, 0.5) is 8.78 Å². The van der Waals surface area contributed by atoms with Crippen LogP contribution < -0.4 is 0 Å². The lowest BCUT2D eigenvalue weighted by atomic mass is 10.0. The van der Waals surface area contributed by atoms with Crippen molar-refractivity contribution in [2.45, 2.75) is 6.61 Å². The summed E-state index contributed by atoms with van der Waals surface area (Å²) >= 11 is 0. The number of nitrogens with zero attached hydrogens (tertiary/aromatic N) is 1. The second-order valence-corrected chi connectivity index (χ2v) is 4.06. The molecule has 0 spiro atoms. The van der Waals surface area contributed by atoms with Crippen LogP contribution in [0.3, 0.4) is 0 Å². The number of carboxylic acid groups (broad SMARTS) is 1. The van der Waals surface area contributed by atoms with E-state index in [9.17, 15) is 13.6 Å². The maximum atomic E-state index is 13.8. The SMILES string of the molecule is COCc1ccc(C(=O)O)c(-c2ccc(F)cc2F)n1. The van der Waals surface area contributed by atoms with Gasteiger partial charge < -0.3 is 9.84 Å². The van der Waals surface area contributed by atoms with Gasteiger partial charge in [0, 0.05) is 18.7 Å². The van der Waals surface area contributed by atoms with Gasteiger partial charge in [0.15, 0.2) is 0 Å². The molecule has 0 radical (unpaired) electrons. The second kappa shape index (κ2) is 5.75. The Balaban J connectivity index is 2.62. The molecular formula is C14H11F2NO3. The highest BCUT2D eigenvalue weighted by molar-refractivity contribution is 5.94. The number of aromatic carboxylic acids is 1. The summed E-state index contributed by atoms with van der Waals surface area (Å²) in [6.45, 7) is 0.162. The Morgan fingerprint density at radius 3 is 2.65 bits per heavy atom. The zero-order valence-corrected chi connectivity index (χ0v) is 10.6. The van der Waals surface area contributed by atoms with Gasteiger partial charge in [-0.15, -0.1) is 0 Å². The molecule has 0 saturated heterocycles. The molecule has 2 rings (SSSR count). The van der Waals surface area contributed by atoms with E-state index in [0.29, 0.717) is 11.8 Å². The Morgan fingerprint density at radius 2 is 2.05 bits per heavy atom. The molecule has 1 aromatic heterocycles. The quantitative estimate of drug-likeness (QED) is 0.934. The van der Waals surface area contributed by atoms with E-state index in [1.165, 1.54) is 19.2 Å². The van der Waals surface area contributed by atoms with Gasteiger partial charge in [-0.25, -0.2) is 18.6 Å². The third-order valence-electron chi connectivity index (χ3n) is 2.66. The lowest BCUT2D eigenvalue weighted by Gasteiger charge is -2.09. The van der Waals surface area contributed by atoms with Gasteiger partial charge in [-0.05, 0) is 24.3 Å². The van der Waals surface area contributed by atoms with E-state index in [2.05, 4.69) is 4.98 Å². The Morgan fingerprint density at radius 1 is 1.30 bits per heavy atom. The third kappa shape index (κ3) is 2.80. The van der Waals surface area contributed by atoms with Crippen LogP contribution in [0.2, 0.25) is 0 Å². The Labute approximate surface area is 113 Å². The van der Waals surface area contributed by atoms with Crippen LogP contribution in [0, 0.1) is 11.6 Å². The molecule has 0 saturated carbocycles. The van der Waals surface area contributed by atoms with E-state index in [0.717, 1.165) is 12.1 Å². The molecule has 1 heterocycles. The molecule has 104 valence electrons. The monoisotopic (exact) mass is 279 g/mol. The van der Waals surface area contributed by atoms with Crippen molar-refractivity contribution in [1.82, 2.24) is 4.98 Å². The highest BCUT2D eigenvalue weighted by Gasteiger charge is 2.17. The highest BCUT2D eigenvalue weighted by atomic mass is 19.1. The number of hydrogen-bond donors (Lipinski definition) is 1. The zero-order chi connectivity index (χ0) is 14.7. The summed E-state index contributed by atoms with van der Waals surface area (Å²) in [5.41, 5.74) is 0.179. The van der Waals surface area contributed by atoms with E-state index in [4.69, 9.17) is 9.84 Å². The highest BCUT2D eigenvalue weighted by Crippen LogP contribution is 2.26. The summed E-state index contributed by atoms with van der Waals surface area (Å²) in [5, 5.41) is 9.13. The molecule has 0 atom stereocenters.